The fraction of sp³-hybridized carbons (Fsp3) is 0.150. The predicted molar refractivity (Wildman–Crippen MR) is 96.9 cm³/mol. The van der Waals surface area contributed by atoms with Crippen molar-refractivity contribution in [3.63, 3.8) is 0 Å². The first-order chi connectivity index (χ1) is 12.4. The van der Waals surface area contributed by atoms with E-state index in [1.807, 2.05) is 25.1 Å². The molecule has 0 atom stereocenters. The number of nitrogens with zero attached hydrogens (tertiary/aromatic N) is 1. The molecule has 1 aromatic heterocycles. The molecule has 0 spiro atoms. The smallest absolute Gasteiger partial charge is 0.337 e. The van der Waals surface area contributed by atoms with Crippen LogP contribution in [0.4, 0.5) is 10.1 Å². The van der Waals surface area contributed by atoms with Crippen molar-refractivity contribution in [2.24, 2.45) is 0 Å². The summed E-state index contributed by atoms with van der Waals surface area (Å²) in [5.74, 6) is -1.73. The van der Waals surface area contributed by atoms with Gasteiger partial charge in [0.05, 0.1) is 29.4 Å². The number of fused-ring (bicyclic) bond motifs is 1. The van der Waals surface area contributed by atoms with Crippen molar-refractivity contribution in [3.05, 3.63) is 70.7 Å². The fourth-order valence-corrected chi connectivity index (χ4v) is 2.72. The summed E-state index contributed by atoms with van der Waals surface area (Å²) in [5, 5.41) is 3.21. The van der Waals surface area contributed by atoms with Gasteiger partial charge in [-0.2, -0.15) is 0 Å². The Morgan fingerprint density at radius 1 is 1.08 bits per heavy atom. The topological polar surface area (TPSA) is 68.3 Å². The van der Waals surface area contributed by atoms with Gasteiger partial charge in [-0.25, -0.2) is 9.18 Å². The third-order valence-electron chi connectivity index (χ3n) is 3.97. The summed E-state index contributed by atoms with van der Waals surface area (Å²) < 4.78 is 18.7. The molecule has 0 bridgehead atoms. The van der Waals surface area contributed by atoms with Crippen LogP contribution in [-0.4, -0.2) is 24.0 Å². The highest BCUT2D eigenvalue weighted by Gasteiger charge is 2.16. The van der Waals surface area contributed by atoms with Crippen molar-refractivity contribution in [1.82, 2.24) is 4.98 Å². The zero-order valence-corrected chi connectivity index (χ0v) is 14.6. The lowest BCUT2D eigenvalue weighted by atomic mass is 10.0. The monoisotopic (exact) mass is 352 g/mol. The maximum atomic E-state index is 14.1. The second-order valence-electron chi connectivity index (χ2n) is 5.97. The van der Waals surface area contributed by atoms with Gasteiger partial charge in [0.2, 0.25) is 0 Å². The van der Waals surface area contributed by atoms with Crippen LogP contribution in [0, 0.1) is 19.7 Å². The van der Waals surface area contributed by atoms with Gasteiger partial charge in [-0.3, -0.25) is 9.78 Å². The molecular formula is C20H17FN2O3. The number of anilines is 1. The second kappa shape index (κ2) is 6.92. The summed E-state index contributed by atoms with van der Waals surface area (Å²) in [6, 6.07) is 10.9. The number of hydrogen-bond donors (Lipinski definition) is 1. The molecular weight excluding hydrogens is 335 g/mol. The van der Waals surface area contributed by atoms with Crippen molar-refractivity contribution >= 4 is 28.5 Å². The minimum Gasteiger partial charge on any atom is -0.465 e. The summed E-state index contributed by atoms with van der Waals surface area (Å²) in [5.41, 5.74) is 2.79. The Balaban J connectivity index is 2.02. The minimum absolute atomic E-state index is 0.0897. The Bertz CT molecular complexity index is 1030. The molecule has 0 aliphatic rings. The summed E-state index contributed by atoms with van der Waals surface area (Å²) in [6.45, 7) is 3.70. The number of carbonyl (C=O) groups is 2. The molecule has 132 valence electrons. The summed E-state index contributed by atoms with van der Waals surface area (Å²) in [4.78, 5) is 28.8. The first kappa shape index (κ1) is 17.5. The number of pyridine rings is 1. The average Bonchev–Trinajstić information content (AvgIpc) is 2.62. The van der Waals surface area contributed by atoms with E-state index >= 15 is 0 Å². The van der Waals surface area contributed by atoms with E-state index in [0.717, 1.165) is 11.6 Å². The van der Waals surface area contributed by atoms with E-state index in [0.29, 0.717) is 22.2 Å². The molecule has 2 aromatic carbocycles. The standard InChI is InChI=1S/C20H17FN2O3/c1-11-4-7-17-14(8-11)15(9-12(2)22-17)19(24)23-18-10-13(20(25)26-3)5-6-16(18)21/h4-10H,1-3H3,(H,23,24). The van der Waals surface area contributed by atoms with Gasteiger partial charge < -0.3 is 10.1 Å². The predicted octanol–water partition coefficient (Wildman–Crippen LogP) is 4.03. The van der Waals surface area contributed by atoms with E-state index < -0.39 is 17.7 Å². The van der Waals surface area contributed by atoms with E-state index in [1.165, 1.54) is 19.2 Å². The van der Waals surface area contributed by atoms with Crippen LogP contribution in [-0.2, 0) is 4.74 Å². The van der Waals surface area contributed by atoms with Crippen LogP contribution >= 0.6 is 0 Å². The molecule has 0 aliphatic carbocycles. The van der Waals surface area contributed by atoms with Crippen LogP contribution in [0.2, 0.25) is 0 Å². The number of halogens is 1. The molecule has 3 aromatic rings. The average molecular weight is 352 g/mol. The lowest BCUT2D eigenvalue weighted by Crippen LogP contribution is -2.15. The maximum Gasteiger partial charge on any atom is 0.337 e. The lowest BCUT2D eigenvalue weighted by Gasteiger charge is -2.11. The van der Waals surface area contributed by atoms with Crippen LogP contribution in [0.1, 0.15) is 32.0 Å². The zero-order valence-electron chi connectivity index (χ0n) is 14.6. The first-order valence-electron chi connectivity index (χ1n) is 7.96. The van der Waals surface area contributed by atoms with Crippen LogP contribution in [0.5, 0.6) is 0 Å². The highest BCUT2D eigenvalue weighted by molar-refractivity contribution is 6.12. The van der Waals surface area contributed by atoms with E-state index in [-0.39, 0.29) is 11.3 Å². The van der Waals surface area contributed by atoms with Crippen molar-refractivity contribution in [1.29, 1.82) is 0 Å². The van der Waals surface area contributed by atoms with Gasteiger partial charge in [0.15, 0.2) is 0 Å². The lowest BCUT2D eigenvalue weighted by molar-refractivity contribution is 0.0600. The largest absolute Gasteiger partial charge is 0.465 e. The Kier molecular flexibility index (Phi) is 4.67. The molecule has 0 saturated heterocycles. The van der Waals surface area contributed by atoms with Crippen LogP contribution in [0.15, 0.2) is 42.5 Å². The first-order valence-corrected chi connectivity index (χ1v) is 7.96. The number of rotatable bonds is 3. The number of ether oxygens (including phenoxy) is 1. The fourth-order valence-electron chi connectivity index (χ4n) is 2.72. The second-order valence-corrected chi connectivity index (χ2v) is 5.97. The summed E-state index contributed by atoms with van der Waals surface area (Å²) in [7, 11) is 1.23. The SMILES string of the molecule is COC(=O)c1ccc(F)c(NC(=O)c2cc(C)nc3ccc(C)cc23)c1. The van der Waals surface area contributed by atoms with Gasteiger partial charge in [0, 0.05) is 11.1 Å². The van der Waals surface area contributed by atoms with Gasteiger partial charge in [-0.05, 0) is 50.2 Å². The van der Waals surface area contributed by atoms with Crippen LogP contribution in [0.25, 0.3) is 10.9 Å². The number of hydrogen-bond acceptors (Lipinski definition) is 4. The normalized spacial score (nSPS) is 10.6. The zero-order chi connectivity index (χ0) is 18.8. The van der Waals surface area contributed by atoms with Gasteiger partial charge in [-0.1, -0.05) is 11.6 Å². The van der Waals surface area contributed by atoms with E-state index in [4.69, 9.17) is 0 Å². The van der Waals surface area contributed by atoms with E-state index in [1.54, 1.807) is 13.0 Å². The number of benzene rings is 2. The number of methoxy groups -OCH3 is 1. The van der Waals surface area contributed by atoms with Crippen molar-refractivity contribution in [2.45, 2.75) is 13.8 Å². The van der Waals surface area contributed by atoms with E-state index in [2.05, 4.69) is 15.0 Å². The number of carbonyl (C=O) groups excluding carboxylic acids is 2. The number of aryl methyl sites for hydroxylation is 2. The summed E-state index contributed by atoms with van der Waals surface area (Å²) in [6.07, 6.45) is 0. The molecule has 5 nitrogen and oxygen atoms in total. The summed E-state index contributed by atoms with van der Waals surface area (Å²) >= 11 is 0. The Hall–Kier alpha value is -3.28. The van der Waals surface area contributed by atoms with Crippen molar-refractivity contribution in [2.75, 3.05) is 12.4 Å². The van der Waals surface area contributed by atoms with Crippen LogP contribution < -0.4 is 5.32 Å². The maximum absolute atomic E-state index is 14.1. The number of nitrogens with one attached hydrogen (secondary N) is 1. The molecule has 0 unspecified atom stereocenters. The number of aromatic nitrogens is 1. The quantitative estimate of drug-likeness (QED) is 0.723. The third kappa shape index (κ3) is 3.39. The number of amides is 1. The Morgan fingerprint density at radius 2 is 1.85 bits per heavy atom. The molecule has 3 rings (SSSR count). The van der Waals surface area contributed by atoms with Crippen LogP contribution in [0.3, 0.4) is 0 Å². The highest BCUT2D eigenvalue weighted by atomic mass is 19.1. The highest BCUT2D eigenvalue weighted by Crippen LogP contribution is 2.23. The molecule has 6 heteroatoms. The van der Waals surface area contributed by atoms with Crippen molar-refractivity contribution in [3.8, 4) is 0 Å². The molecule has 26 heavy (non-hydrogen) atoms. The van der Waals surface area contributed by atoms with Gasteiger partial charge >= 0.3 is 5.97 Å². The third-order valence-corrected chi connectivity index (χ3v) is 3.97. The minimum atomic E-state index is -0.641. The molecule has 1 heterocycles. The Morgan fingerprint density at radius 3 is 2.58 bits per heavy atom. The van der Waals surface area contributed by atoms with E-state index in [9.17, 15) is 14.0 Å². The molecule has 1 N–H and O–H groups in total. The Labute approximate surface area is 149 Å². The van der Waals surface area contributed by atoms with Gasteiger partial charge in [-0.15, -0.1) is 0 Å². The molecule has 0 saturated carbocycles. The van der Waals surface area contributed by atoms with Gasteiger partial charge in [0.1, 0.15) is 5.82 Å². The molecule has 0 fully saturated rings. The van der Waals surface area contributed by atoms with Gasteiger partial charge in [0.25, 0.3) is 5.91 Å². The molecule has 0 aliphatic heterocycles. The number of esters is 1. The molecule has 0 radical (unpaired) electrons. The van der Waals surface area contributed by atoms with Crippen molar-refractivity contribution < 1.29 is 18.7 Å². The molecule has 1 amide bonds.